The Hall–Kier alpha value is -0.0800. The second-order valence-electron chi connectivity index (χ2n) is 3.07. The zero-order chi connectivity index (χ0) is 8.69. The SMILES string of the molecule is CCCN(CCC)[C@H](C)CO. The van der Waals surface area contributed by atoms with Gasteiger partial charge >= 0.3 is 0 Å². The molecule has 2 heteroatoms. The molecule has 68 valence electrons. The van der Waals surface area contributed by atoms with E-state index in [0.29, 0.717) is 6.04 Å². The summed E-state index contributed by atoms with van der Waals surface area (Å²) in [6.45, 7) is 8.91. The lowest BCUT2D eigenvalue weighted by Gasteiger charge is -2.26. The van der Waals surface area contributed by atoms with Crippen molar-refractivity contribution < 1.29 is 5.11 Å². The molecular weight excluding hydrogens is 138 g/mol. The van der Waals surface area contributed by atoms with E-state index < -0.39 is 0 Å². The van der Waals surface area contributed by atoms with Gasteiger partial charge in [-0.05, 0) is 32.9 Å². The van der Waals surface area contributed by atoms with Crippen LogP contribution in [0.3, 0.4) is 0 Å². The summed E-state index contributed by atoms with van der Waals surface area (Å²) in [6, 6.07) is 0.329. The van der Waals surface area contributed by atoms with Crippen molar-refractivity contribution in [3.8, 4) is 0 Å². The average Bonchev–Trinajstić information content (AvgIpc) is 2.03. The summed E-state index contributed by atoms with van der Waals surface area (Å²) in [5, 5.41) is 8.92. The highest BCUT2D eigenvalue weighted by atomic mass is 16.3. The zero-order valence-electron chi connectivity index (χ0n) is 8.01. The first-order valence-corrected chi connectivity index (χ1v) is 4.61. The Morgan fingerprint density at radius 1 is 1.18 bits per heavy atom. The molecular formula is C9H21NO. The fraction of sp³-hybridized carbons (Fsp3) is 1.00. The predicted octanol–water partition coefficient (Wildman–Crippen LogP) is 1.49. The lowest BCUT2D eigenvalue weighted by Crippen LogP contribution is -2.36. The average molecular weight is 159 g/mol. The monoisotopic (exact) mass is 159 g/mol. The fourth-order valence-electron chi connectivity index (χ4n) is 1.24. The molecule has 0 heterocycles. The van der Waals surface area contributed by atoms with Gasteiger partial charge in [0.2, 0.25) is 0 Å². The van der Waals surface area contributed by atoms with Crippen molar-refractivity contribution in [3.05, 3.63) is 0 Å². The van der Waals surface area contributed by atoms with Gasteiger partial charge in [0.25, 0.3) is 0 Å². The van der Waals surface area contributed by atoms with Gasteiger partial charge in [-0.15, -0.1) is 0 Å². The van der Waals surface area contributed by atoms with Gasteiger partial charge in [0.05, 0.1) is 6.61 Å². The Labute approximate surface area is 70.2 Å². The Kier molecular flexibility index (Phi) is 6.57. The first-order valence-electron chi connectivity index (χ1n) is 4.61. The van der Waals surface area contributed by atoms with Crippen LogP contribution in [-0.4, -0.2) is 35.7 Å². The Morgan fingerprint density at radius 2 is 1.64 bits per heavy atom. The molecule has 0 saturated heterocycles. The summed E-state index contributed by atoms with van der Waals surface area (Å²) in [4.78, 5) is 2.33. The molecule has 0 amide bonds. The molecule has 2 nitrogen and oxygen atoms in total. The van der Waals surface area contributed by atoms with Crippen LogP contribution < -0.4 is 0 Å². The minimum Gasteiger partial charge on any atom is -0.395 e. The van der Waals surface area contributed by atoms with E-state index in [2.05, 4.69) is 25.7 Å². The highest BCUT2D eigenvalue weighted by molar-refractivity contribution is 4.64. The molecule has 0 fully saturated rings. The Bertz CT molecular complexity index is 79.6. The quantitative estimate of drug-likeness (QED) is 0.634. The Morgan fingerprint density at radius 3 is 1.91 bits per heavy atom. The largest absolute Gasteiger partial charge is 0.395 e. The van der Waals surface area contributed by atoms with Gasteiger partial charge in [0.1, 0.15) is 0 Å². The van der Waals surface area contributed by atoms with Crippen molar-refractivity contribution in [2.24, 2.45) is 0 Å². The van der Waals surface area contributed by atoms with Crippen LogP contribution in [0.15, 0.2) is 0 Å². The van der Waals surface area contributed by atoms with Crippen LogP contribution in [0.25, 0.3) is 0 Å². The van der Waals surface area contributed by atoms with Crippen molar-refractivity contribution >= 4 is 0 Å². The normalized spacial score (nSPS) is 13.9. The van der Waals surface area contributed by atoms with Crippen molar-refractivity contribution in [1.82, 2.24) is 4.90 Å². The number of nitrogens with zero attached hydrogens (tertiary/aromatic N) is 1. The van der Waals surface area contributed by atoms with E-state index in [4.69, 9.17) is 5.11 Å². The third kappa shape index (κ3) is 4.38. The maximum absolute atomic E-state index is 8.92. The highest BCUT2D eigenvalue weighted by Crippen LogP contribution is 2.00. The lowest BCUT2D eigenvalue weighted by molar-refractivity contribution is 0.134. The van der Waals surface area contributed by atoms with E-state index in [0.717, 1.165) is 13.1 Å². The van der Waals surface area contributed by atoms with Crippen LogP contribution in [0, 0.1) is 0 Å². The minimum absolute atomic E-state index is 0.278. The summed E-state index contributed by atoms with van der Waals surface area (Å²) >= 11 is 0. The van der Waals surface area contributed by atoms with Gasteiger partial charge in [0, 0.05) is 6.04 Å². The molecule has 0 aliphatic heterocycles. The molecule has 11 heavy (non-hydrogen) atoms. The molecule has 0 aromatic carbocycles. The topological polar surface area (TPSA) is 23.5 Å². The molecule has 0 unspecified atom stereocenters. The van der Waals surface area contributed by atoms with Crippen LogP contribution >= 0.6 is 0 Å². The molecule has 0 aliphatic carbocycles. The summed E-state index contributed by atoms with van der Waals surface area (Å²) in [6.07, 6.45) is 2.34. The standard InChI is InChI=1S/C9H21NO/c1-4-6-10(7-5-2)9(3)8-11/h9,11H,4-8H2,1-3H3/t9-/m1/s1. The molecule has 1 atom stereocenters. The van der Waals surface area contributed by atoms with Gasteiger partial charge in [0.15, 0.2) is 0 Å². The number of aliphatic hydroxyl groups excluding tert-OH is 1. The van der Waals surface area contributed by atoms with Crippen LogP contribution in [0.1, 0.15) is 33.6 Å². The van der Waals surface area contributed by atoms with Crippen LogP contribution in [-0.2, 0) is 0 Å². The van der Waals surface area contributed by atoms with E-state index in [1.165, 1.54) is 12.8 Å². The highest BCUT2D eigenvalue weighted by Gasteiger charge is 2.09. The van der Waals surface area contributed by atoms with E-state index in [-0.39, 0.29) is 6.61 Å². The lowest BCUT2D eigenvalue weighted by atomic mass is 10.2. The molecule has 0 aromatic heterocycles. The first-order chi connectivity index (χ1) is 5.26. The number of rotatable bonds is 6. The number of hydrogen-bond acceptors (Lipinski definition) is 2. The second-order valence-corrected chi connectivity index (χ2v) is 3.07. The Balaban J connectivity index is 3.66. The summed E-state index contributed by atoms with van der Waals surface area (Å²) in [5.41, 5.74) is 0. The van der Waals surface area contributed by atoms with Gasteiger partial charge in [-0.2, -0.15) is 0 Å². The molecule has 0 saturated carbocycles. The molecule has 0 bridgehead atoms. The molecule has 0 aliphatic rings. The summed E-state index contributed by atoms with van der Waals surface area (Å²) in [5.74, 6) is 0. The first kappa shape index (κ1) is 10.9. The molecule has 0 spiro atoms. The third-order valence-corrected chi connectivity index (χ3v) is 1.91. The van der Waals surface area contributed by atoms with E-state index in [1.807, 2.05) is 0 Å². The van der Waals surface area contributed by atoms with E-state index in [1.54, 1.807) is 0 Å². The third-order valence-electron chi connectivity index (χ3n) is 1.91. The molecule has 1 N–H and O–H groups in total. The zero-order valence-corrected chi connectivity index (χ0v) is 8.01. The maximum atomic E-state index is 8.92. The van der Waals surface area contributed by atoms with Crippen molar-refractivity contribution in [2.75, 3.05) is 19.7 Å². The van der Waals surface area contributed by atoms with Gasteiger partial charge < -0.3 is 5.11 Å². The smallest absolute Gasteiger partial charge is 0.0584 e. The molecule has 0 rings (SSSR count). The van der Waals surface area contributed by atoms with Gasteiger partial charge in [-0.25, -0.2) is 0 Å². The predicted molar refractivity (Wildman–Crippen MR) is 48.7 cm³/mol. The minimum atomic E-state index is 0.278. The fourth-order valence-corrected chi connectivity index (χ4v) is 1.24. The van der Waals surface area contributed by atoms with Crippen molar-refractivity contribution in [3.63, 3.8) is 0 Å². The number of aliphatic hydroxyl groups is 1. The van der Waals surface area contributed by atoms with E-state index >= 15 is 0 Å². The van der Waals surface area contributed by atoms with Crippen molar-refractivity contribution in [1.29, 1.82) is 0 Å². The molecule has 0 aromatic rings. The maximum Gasteiger partial charge on any atom is 0.0584 e. The van der Waals surface area contributed by atoms with E-state index in [9.17, 15) is 0 Å². The van der Waals surface area contributed by atoms with Crippen molar-refractivity contribution in [2.45, 2.75) is 39.7 Å². The van der Waals surface area contributed by atoms with Crippen LogP contribution in [0.4, 0.5) is 0 Å². The number of hydrogen-bond donors (Lipinski definition) is 1. The van der Waals surface area contributed by atoms with Gasteiger partial charge in [-0.1, -0.05) is 13.8 Å². The second kappa shape index (κ2) is 6.62. The summed E-state index contributed by atoms with van der Waals surface area (Å²) in [7, 11) is 0. The summed E-state index contributed by atoms with van der Waals surface area (Å²) < 4.78 is 0. The van der Waals surface area contributed by atoms with Gasteiger partial charge in [-0.3, -0.25) is 4.90 Å². The molecule has 0 radical (unpaired) electrons. The van der Waals surface area contributed by atoms with Crippen LogP contribution in [0.5, 0.6) is 0 Å². The van der Waals surface area contributed by atoms with Crippen LogP contribution in [0.2, 0.25) is 0 Å².